The Bertz CT molecular complexity index is 401. The Morgan fingerprint density at radius 2 is 2.17 bits per heavy atom. The van der Waals surface area contributed by atoms with Crippen molar-refractivity contribution in [2.45, 2.75) is 51.2 Å². The third kappa shape index (κ3) is 2.49. The standard InChI is InChI=1S/C15H25NOS/c1-11-6-5-9-15(10-11,16(3)4)14(17)13-8-7-12(2)18-13/h7-8,11,14,17H,5-6,9-10H2,1-4H3. The van der Waals surface area contributed by atoms with Gasteiger partial charge in [-0.25, -0.2) is 0 Å². The van der Waals surface area contributed by atoms with Gasteiger partial charge >= 0.3 is 0 Å². The lowest BCUT2D eigenvalue weighted by atomic mass is 9.72. The topological polar surface area (TPSA) is 23.5 Å². The average Bonchev–Trinajstić information content (AvgIpc) is 2.74. The summed E-state index contributed by atoms with van der Waals surface area (Å²) in [6, 6.07) is 4.20. The first kappa shape index (κ1) is 14.0. The van der Waals surface area contributed by atoms with E-state index in [0.717, 1.165) is 17.7 Å². The Labute approximate surface area is 115 Å². The van der Waals surface area contributed by atoms with E-state index >= 15 is 0 Å². The van der Waals surface area contributed by atoms with Gasteiger partial charge in [0.25, 0.3) is 0 Å². The Hall–Kier alpha value is -0.380. The molecule has 0 bridgehead atoms. The van der Waals surface area contributed by atoms with Gasteiger partial charge in [-0.3, -0.25) is 0 Å². The smallest absolute Gasteiger partial charge is 0.106 e. The molecule has 3 heteroatoms. The van der Waals surface area contributed by atoms with Gasteiger partial charge < -0.3 is 10.0 Å². The van der Waals surface area contributed by atoms with Gasteiger partial charge in [-0.2, -0.15) is 0 Å². The Kier molecular flexibility index (Phi) is 4.15. The fourth-order valence-corrected chi connectivity index (χ4v) is 4.30. The molecule has 0 amide bonds. The molecule has 0 aromatic carbocycles. The molecule has 1 aliphatic carbocycles. The van der Waals surface area contributed by atoms with Gasteiger partial charge in [-0.1, -0.05) is 19.8 Å². The molecule has 0 spiro atoms. The summed E-state index contributed by atoms with van der Waals surface area (Å²) in [5.74, 6) is 0.705. The number of likely N-dealkylation sites (N-methyl/N-ethyl adjacent to an activating group) is 1. The van der Waals surface area contributed by atoms with Gasteiger partial charge in [0, 0.05) is 9.75 Å². The number of aryl methyl sites for hydroxylation is 1. The summed E-state index contributed by atoms with van der Waals surface area (Å²) < 4.78 is 0. The number of thiophene rings is 1. The van der Waals surface area contributed by atoms with Crippen LogP contribution in [0.3, 0.4) is 0 Å². The highest BCUT2D eigenvalue weighted by Crippen LogP contribution is 2.45. The van der Waals surface area contributed by atoms with E-state index < -0.39 is 0 Å². The first-order chi connectivity index (χ1) is 8.45. The van der Waals surface area contributed by atoms with E-state index in [1.165, 1.54) is 17.7 Å². The van der Waals surface area contributed by atoms with E-state index in [4.69, 9.17) is 0 Å². The minimum absolute atomic E-state index is 0.0744. The van der Waals surface area contributed by atoms with Crippen molar-refractivity contribution >= 4 is 11.3 Å². The van der Waals surface area contributed by atoms with Crippen molar-refractivity contribution in [2.75, 3.05) is 14.1 Å². The molecule has 0 aliphatic heterocycles. The monoisotopic (exact) mass is 267 g/mol. The second kappa shape index (κ2) is 5.32. The van der Waals surface area contributed by atoms with Crippen molar-refractivity contribution < 1.29 is 5.11 Å². The Morgan fingerprint density at radius 3 is 2.67 bits per heavy atom. The molecule has 1 heterocycles. The number of nitrogens with zero attached hydrogens (tertiary/aromatic N) is 1. The van der Waals surface area contributed by atoms with Gasteiger partial charge in [-0.05, 0) is 51.9 Å². The highest BCUT2D eigenvalue weighted by molar-refractivity contribution is 7.12. The number of rotatable bonds is 3. The SMILES string of the molecule is Cc1ccc(C(O)C2(N(C)C)CCCC(C)C2)s1. The number of hydrogen-bond acceptors (Lipinski definition) is 3. The number of hydrogen-bond donors (Lipinski definition) is 1. The van der Waals surface area contributed by atoms with Crippen LogP contribution in [-0.4, -0.2) is 29.6 Å². The zero-order chi connectivity index (χ0) is 13.3. The molecule has 3 atom stereocenters. The minimum atomic E-state index is -0.353. The summed E-state index contributed by atoms with van der Waals surface area (Å²) in [6.07, 6.45) is 4.36. The van der Waals surface area contributed by atoms with Crippen LogP contribution in [0.2, 0.25) is 0 Å². The molecule has 3 unspecified atom stereocenters. The average molecular weight is 267 g/mol. The lowest BCUT2D eigenvalue weighted by Crippen LogP contribution is -2.51. The lowest BCUT2D eigenvalue weighted by Gasteiger charge is -2.48. The van der Waals surface area contributed by atoms with E-state index in [9.17, 15) is 5.11 Å². The molecule has 1 aliphatic rings. The predicted molar refractivity (Wildman–Crippen MR) is 78.1 cm³/mol. The number of aliphatic hydroxyl groups excluding tert-OH is 1. The van der Waals surface area contributed by atoms with Gasteiger partial charge in [0.2, 0.25) is 0 Å². The first-order valence-corrected chi connectivity index (χ1v) is 7.69. The Balaban J connectivity index is 2.29. The first-order valence-electron chi connectivity index (χ1n) is 6.87. The summed E-state index contributed by atoms with van der Waals surface area (Å²) >= 11 is 1.73. The van der Waals surface area contributed by atoms with Crippen molar-refractivity contribution in [1.29, 1.82) is 0 Å². The molecule has 1 saturated carbocycles. The molecule has 1 fully saturated rings. The van der Waals surface area contributed by atoms with Crippen LogP contribution in [0, 0.1) is 12.8 Å². The van der Waals surface area contributed by atoms with Crippen LogP contribution in [-0.2, 0) is 0 Å². The summed E-state index contributed by atoms with van der Waals surface area (Å²) in [4.78, 5) is 4.65. The molecule has 18 heavy (non-hydrogen) atoms. The molecule has 1 aromatic rings. The molecule has 1 N–H and O–H groups in total. The molecule has 2 rings (SSSR count). The maximum Gasteiger partial charge on any atom is 0.106 e. The van der Waals surface area contributed by atoms with Crippen molar-refractivity contribution in [3.63, 3.8) is 0 Å². The van der Waals surface area contributed by atoms with Gasteiger partial charge in [0.1, 0.15) is 6.10 Å². The fraction of sp³-hybridized carbons (Fsp3) is 0.733. The van der Waals surface area contributed by atoms with E-state index in [2.05, 4.69) is 45.0 Å². The summed E-state index contributed by atoms with van der Waals surface area (Å²) in [5, 5.41) is 10.9. The van der Waals surface area contributed by atoms with Gasteiger partial charge in [0.05, 0.1) is 5.54 Å². The van der Waals surface area contributed by atoms with E-state index in [1.807, 2.05) is 0 Å². The molecule has 0 saturated heterocycles. The predicted octanol–water partition coefficient (Wildman–Crippen LogP) is 3.60. The van der Waals surface area contributed by atoms with Crippen molar-refractivity contribution in [3.8, 4) is 0 Å². The second-order valence-electron chi connectivity index (χ2n) is 6.05. The summed E-state index contributed by atoms with van der Waals surface area (Å²) in [6.45, 7) is 4.41. The van der Waals surface area contributed by atoms with Crippen LogP contribution >= 0.6 is 11.3 Å². The zero-order valence-electron chi connectivity index (χ0n) is 11.9. The van der Waals surface area contributed by atoms with Crippen LogP contribution in [0.15, 0.2) is 12.1 Å². The lowest BCUT2D eigenvalue weighted by molar-refractivity contribution is -0.0433. The van der Waals surface area contributed by atoms with E-state index in [0.29, 0.717) is 5.92 Å². The van der Waals surface area contributed by atoms with Crippen LogP contribution in [0.5, 0.6) is 0 Å². The van der Waals surface area contributed by atoms with Gasteiger partial charge in [-0.15, -0.1) is 11.3 Å². The van der Waals surface area contributed by atoms with Crippen molar-refractivity contribution in [2.24, 2.45) is 5.92 Å². The molecule has 1 aromatic heterocycles. The number of aliphatic hydroxyl groups is 1. The molecule has 102 valence electrons. The molecule has 0 radical (unpaired) electrons. The van der Waals surface area contributed by atoms with Crippen molar-refractivity contribution in [1.82, 2.24) is 4.90 Å². The Morgan fingerprint density at radius 1 is 1.44 bits per heavy atom. The highest BCUT2D eigenvalue weighted by Gasteiger charge is 2.44. The zero-order valence-corrected chi connectivity index (χ0v) is 12.8. The largest absolute Gasteiger partial charge is 0.386 e. The van der Waals surface area contributed by atoms with Crippen LogP contribution in [0.1, 0.15) is 48.5 Å². The molecular formula is C15H25NOS. The minimum Gasteiger partial charge on any atom is -0.386 e. The summed E-state index contributed by atoms with van der Waals surface area (Å²) in [5.41, 5.74) is -0.0744. The summed E-state index contributed by atoms with van der Waals surface area (Å²) in [7, 11) is 4.23. The fourth-order valence-electron chi connectivity index (χ4n) is 3.33. The second-order valence-corrected chi connectivity index (χ2v) is 7.37. The maximum absolute atomic E-state index is 10.9. The maximum atomic E-state index is 10.9. The van der Waals surface area contributed by atoms with Gasteiger partial charge in [0.15, 0.2) is 0 Å². The van der Waals surface area contributed by atoms with E-state index in [1.54, 1.807) is 11.3 Å². The quantitative estimate of drug-likeness (QED) is 0.904. The van der Waals surface area contributed by atoms with Crippen LogP contribution in [0.4, 0.5) is 0 Å². The van der Waals surface area contributed by atoms with Crippen LogP contribution < -0.4 is 0 Å². The normalized spacial score (nSPS) is 30.7. The molecule has 2 nitrogen and oxygen atoms in total. The third-order valence-corrected chi connectivity index (χ3v) is 5.49. The van der Waals surface area contributed by atoms with E-state index in [-0.39, 0.29) is 11.6 Å². The third-order valence-electron chi connectivity index (χ3n) is 4.44. The molecular weight excluding hydrogens is 242 g/mol. The highest BCUT2D eigenvalue weighted by atomic mass is 32.1. The van der Waals surface area contributed by atoms with Crippen molar-refractivity contribution in [3.05, 3.63) is 21.9 Å². The van der Waals surface area contributed by atoms with Crippen LogP contribution in [0.25, 0.3) is 0 Å².